The minimum Gasteiger partial charge on any atom is -0.504 e. The number of ether oxygens (including phenoxy) is 2. The second-order valence-electron chi connectivity index (χ2n) is 6.46. The molecule has 1 aliphatic heterocycles. The largest absolute Gasteiger partial charge is 0.504 e. The number of aromatic hydroxyl groups is 1. The molecule has 28 heavy (non-hydrogen) atoms. The first-order chi connectivity index (χ1) is 13.5. The molecule has 2 aromatic rings. The van der Waals surface area contributed by atoms with E-state index in [2.05, 4.69) is 4.99 Å². The zero-order valence-electron chi connectivity index (χ0n) is 16.0. The lowest BCUT2D eigenvalue weighted by Gasteiger charge is -2.26. The van der Waals surface area contributed by atoms with E-state index in [1.165, 1.54) is 30.8 Å². The highest BCUT2D eigenvalue weighted by Crippen LogP contribution is 2.33. The number of hydrogen-bond acceptors (Lipinski definition) is 6. The molecule has 0 aliphatic carbocycles. The van der Waals surface area contributed by atoms with E-state index < -0.39 is 10.0 Å². The van der Waals surface area contributed by atoms with Gasteiger partial charge in [-0.05, 0) is 43.2 Å². The maximum atomic E-state index is 13.1. The molecular weight excluding hydrogens is 380 g/mol. The van der Waals surface area contributed by atoms with Crippen LogP contribution in [0.2, 0.25) is 0 Å². The Hall–Kier alpha value is -2.58. The van der Waals surface area contributed by atoms with Crippen LogP contribution in [-0.2, 0) is 10.0 Å². The molecule has 0 saturated carbocycles. The number of aliphatic imine (C=N–C) groups is 1. The number of hydrogen-bond donors (Lipinski definition) is 1. The number of benzene rings is 2. The molecule has 1 saturated heterocycles. The molecule has 1 fully saturated rings. The lowest BCUT2D eigenvalue weighted by molar-refractivity contribution is 0.343. The van der Waals surface area contributed by atoms with E-state index in [9.17, 15) is 13.5 Å². The highest BCUT2D eigenvalue weighted by atomic mass is 32.2. The molecule has 7 nitrogen and oxygen atoms in total. The topological polar surface area (TPSA) is 88.4 Å². The van der Waals surface area contributed by atoms with Crippen molar-refractivity contribution in [3.8, 4) is 17.2 Å². The number of piperidine rings is 1. The molecule has 150 valence electrons. The Morgan fingerprint density at radius 1 is 1.04 bits per heavy atom. The van der Waals surface area contributed by atoms with Crippen LogP contribution in [0.1, 0.15) is 24.8 Å². The van der Waals surface area contributed by atoms with Crippen molar-refractivity contribution in [1.82, 2.24) is 4.31 Å². The molecular formula is C20H24N2O5S. The van der Waals surface area contributed by atoms with Crippen LogP contribution < -0.4 is 9.47 Å². The Balaban J connectivity index is 1.95. The Morgan fingerprint density at radius 2 is 1.75 bits per heavy atom. The SMILES string of the molecule is COc1ccc(N=Cc2cccc(OC)c2O)cc1S(=O)(=O)N1CCCCC1. The molecule has 1 heterocycles. The molecule has 0 amide bonds. The first-order valence-corrected chi connectivity index (χ1v) is 10.5. The zero-order chi connectivity index (χ0) is 20.1. The summed E-state index contributed by atoms with van der Waals surface area (Å²) in [6.07, 6.45) is 4.22. The van der Waals surface area contributed by atoms with Crippen molar-refractivity contribution in [1.29, 1.82) is 0 Å². The predicted octanol–water partition coefficient (Wildman–Crippen LogP) is 3.33. The lowest BCUT2D eigenvalue weighted by Crippen LogP contribution is -2.35. The molecule has 1 aliphatic rings. The first-order valence-electron chi connectivity index (χ1n) is 9.05. The third kappa shape index (κ3) is 4.13. The van der Waals surface area contributed by atoms with E-state index in [0.717, 1.165) is 19.3 Å². The highest BCUT2D eigenvalue weighted by molar-refractivity contribution is 7.89. The second kappa shape index (κ2) is 8.62. The standard InChI is InChI=1S/C20H24N2O5S/c1-26-17-10-9-16(21-14-15-7-6-8-18(27-2)20(15)23)13-19(17)28(24,25)22-11-4-3-5-12-22/h6-10,13-14,23H,3-5,11-12H2,1-2H3. The summed E-state index contributed by atoms with van der Waals surface area (Å²) in [4.78, 5) is 4.43. The Bertz CT molecular complexity index is 967. The maximum Gasteiger partial charge on any atom is 0.246 e. The highest BCUT2D eigenvalue weighted by Gasteiger charge is 2.29. The van der Waals surface area contributed by atoms with E-state index in [0.29, 0.717) is 30.1 Å². The summed E-state index contributed by atoms with van der Waals surface area (Å²) in [6.45, 7) is 1.02. The van der Waals surface area contributed by atoms with Crippen LogP contribution in [0.15, 0.2) is 46.3 Å². The Morgan fingerprint density at radius 3 is 2.43 bits per heavy atom. The van der Waals surface area contributed by atoms with E-state index in [1.54, 1.807) is 30.3 Å². The molecule has 8 heteroatoms. The average Bonchev–Trinajstić information content (AvgIpc) is 2.73. The van der Waals surface area contributed by atoms with Crippen molar-refractivity contribution in [2.75, 3.05) is 27.3 Å². The monoisotopic (exact) mass is 404 g/mol. The molecule has 0 spiro atoms. The molecule has 0 atom stereocenters. The van der Waals surface area contributed by atoms with Crippen LogP contribution in [0.3, 0.4) is 0 Å². The normalized spacial score (nSPS) is 15.6. The van der Waals surface area contributed by atoms with Crippen LogP contribution in [0.25, 0.3) is 0 Å². The molecule has 3 rings (SSSR count). The minimum absolute atomic E-state index is 0.0246. The van der Waals surface area contributed by atoms with Crippen LogP contribution in [0.5, 0.6) is 17.2 Å². The minimum atomic E-state index is -3.66. The number of phenolic OH excluding ortho intramolecular Hbond substituents is 1. The van der Waals surface area contributed by atoms with Crippen molar-refractivity contribution < 1.29 is 23.0 Å². The first kappa shape index (κ1) is 20.2. The zero-order valence-corrected chi connectivity index (χ0v) is 16.8. The van der Waals surface area contributed by atoms with Crippen molar-refractivity contribution in [2.45, 2.75) is 24.2 Å². The van der Waals surface area contributed by atoms with Gasteiger partial charge in [-0.25, -0.2) is 8.42 Å². The summed E-state index contributed by atoms with van der Waals surface area (Å²) >= 11 is 0. The van der Waals surface area contributed by atoms with Crippen molar-refractivity contribution >= 4 is 21.9 Å². The van der Waals surface area contributed by atoms with Gasteiger partial charge in [0.2, 0.25) is 10.0 Å². The van der Waals surface area contributed by atoms with Gasteiger partial charge in [-0.15, -0.1) is 0 Å². The van der Waals surface area contributed by atoms with Gasteiger partial charge < -0.3 is 14.6 Å². The smallest absolute Gasteiger partial charge is 0.246 e. The number of phenols is 1. The van der Waals surface area contributed by atoms with Gasteiger partial charge >= 0.3 is 0 Å². The lowest BCUT2D eigenvalue weighted by atomic mass is 10.2. The number of sulfonamides is 1. The summed E-state index contributed by atoms with van der Waals surface area (Å²) in [5.41, 5.74) is 0.911. The van der Waals surface area contributed by atoms with Gasteiger partial charge in [-0.1, -0.05) is 12.5 Å². The summed E-state index contributed by atoms with van der Waals surface area (Å²) in [7, 11) is -0.748. The van der Waals surface area contributed by atoms with Crippen LogP contribution >= 0.6 is 0 Å². The maximum absolute atomic E-state index is 13.1. The van der Waals surface area contributed by atoms with Gasteiger partial charge in [-0.3, -0.25) is 4.99 Å². The van der Waals surface area contributed by atoms with Gasteiger partial charge in [0.25, 0.3) is 0 Å². The van der Waals surface area contributed by atoms with E-state index >= 15 is 0 Å². The quantitative estimate of drug-likeness (QED) is 0.746. The molecule has 0 bridgehead atoms. The number of rotatable bonds is 6. The van der Waals surface area contributed by atoms with Gasteiger partial charge in [-0.2, -0.15) is 4.31 Å². The average molecular weight is 404 g/mol. The fraction of sp³-hybridized carbons (Fsp3) is 0.350. The third-order valence-electron chi connectivity index (χ3n) is 4.68. The molecule has 2 aromatic carbocycles. The Kier molecular flexibility index (Phi) is 6.21. The third-order valence-corrected chi connectivity index (χ3v) is 6.60. The van der Waals surface area contributed by atoms with Crippen molar-refractivity contribution in [2.24, 2.45) is 4.99 Å². The van der Waals surface area contributed by atoms with E-state index in [1.807, 2.05) is 0 Å². The molecule has 1 N–H and O–H groups in total. The van der Waals surface area contributed by atoms with Gasteiger partial charge in [0.1, 0.15) is 10.6 Å². The number of nitrogens with zero attached hydrogens (tertiary/aromatic N) is 2. The Labute approximate surface area is 165 Å². The van der Waals surface area contributed by atoms with Gasteiger partial charge in [0, 0.05) is 24.9 Å². The van der Waals surface area contributed by atoms with Crippen molar-refractivity contribution in [3.63, 3.8) is 0 Å². The van der Waals surface area contributed by atoms with E-state index in [4.69, 9.17) is 9.47 Å². The van der Waals surface area contributed by atoms with Gasteiger partial charge in [0.15, 0.2) is 11.5 Å². The summed E-state index contributed by atoms with van der Waals surface area (Å²) in [5, 5.41) is 10.2. The summed E-state index contributed by atoms with van der Waals surface area (Å²) < 4.78 is 38.0. The van der Waals surface area contributed by atoms with Crippen LogP contribution in [0, 0.1) is 0 Å². The molecule has 0 unspecified atom stereocenters. The van der Waals surface area contributed by atoms with E-state index in [-0.39, 0.29) is 16.4 Å². The fourth-order valence-electron chi connectivity index (χ4n) is 3.14. The fourth-order valence-corrected chi connectivity index (χ4v) is 4.84. The van der Waals surface area contributed by atoms with Crippen LogP contribution in [-0.4, -0.2) is 51.4 Å². The number of methoxy groups -OCH3 is 2. The number of para-hydroxylation sites is 1. The second-order valence-corrected chi connectivity index (χ2v) is 8.36. The summed E-state index contributed by atoms with van der Waals surface area (Å²) in [6, 6.07) is 9.83. The molecule has 0 aromatic heterocycles. The van der Waals surface area contributed by atoms with Crippen molar-refractivity contribution in [3.05, 3.63) is 42.0 Å². The predicted molar refractivity (Wildman–Crippen MR) is 108 cm³/mol. The molecule has 0 radical (unpaired) electrons. The summed E-state index contributed by atoms with van der Waals surface area (Å²) in [5.74, 6) is 0.601. The van der Waals surface area contributed by atoms with Gasteiger partial charge in [0.05, 0.1) is 19.9 Å². The van der Waals surface area contributed by atoms with Crippen LogP contribution in [0.4, 0.5) is 5.69 Å².